The van der Waals surface area contributed by atoms with Crippen LogP contribution in [0.5, 0.6) is 0 Å². The Kier molecular flexibility index (Phi) is 4.21. The fourth-order valence-electron chi connectivity index (χ4n) is 1.17. The molecule has 98 valence electrons. The molecule has 0 fully saturated rings. The number of carbonyl (C=O) groups excluding carboxylic acids is 1. The van der Waals surface area contributed by atoms with E-state index in [1.807, 2.05) is 6.92 Å². The van der Waals surface area contributed by atoms with Gasteiger partial charge in [-0.05, 0) is 27.7 Å². The molecule has 4 N–H and O–H groups in total. The molecule has 0 bridgehead atoms. The summed E-state index contributed by atoms with van der Waals surface area (Å²) in [6.07, 6.45) is -0.492. The van der Waals surface area contributed by atoms with E-state index in [-0.39, 0.29) is 6.54 Å². The molecule has 18 heavy (non-hydrogen) atoms. The van der Waals surface area contributed by atoms with Crippen LogP contribution in [0.1, 0.15) is 32.0 Å². The van der Waals surface area contributed by atoms with Gasteiger partial charge in [0.2, 0.25) is 0 Å². The number of nitrogens with two attached hydrogens (primary N) is 1. The van der Waals surface area contributed by atoms with Gasteiger partial charge in [0.25, 0.3) is 0 Å². The summed E-state index contributed by atoms with van der Waals surface area (Å²) in [5.74, 6) is 5.98. The Morgan fingerprint density at radius 2 is 2.22 bits per heavy atom. The van der Waals surface area contributed by atoms with Crippen molar-refractivity contribution in [3.8, 4) is 11.8 Å². The Labute approximate surface area is 106 Å². The molecule has 0 saturated heterocycles. The van der Waals surface area contributed by atoms with Crippen LogP contribution in [-0.4, -0.2) is 28.4 Å². The maximum Gasteiger partial charge on any atom is 0.408 e. The molecule has 0 saturated carbocycles. The number of hydrogen-bond donors (Lipinski definition) is 3. The summed E-state index contributed by atoms with van der Waals surface area (Å²) in [5.41, 5.74) is 6.56. The maximum atomic E-state index is 11.3. The van der Waals surface area contributed by atoms with Gasteiger partial charge >= 0.3 is 6.09 Å². The zero-order chi connectivity index (χ0) is 13.8. The molecule has 1 heterocycles. The zero-order valence-corrected chi connectivity index (χ0v) is 11.0. The predicted octanol–water partition coefficient (Wildman–Crippen LogP) is 1.18. The summed E-state index contributed by atoms with van der Waals surface area (Å²) in [4.78, 5) is 11.3. The minimum atomic E-state index is -0.511. The number of aryl methyl sites for hydroxylation is 1. The minimum Gasteiger partial charge on any atom is -0.444 e. The van der Waals surface area contributed by atoms with Gasteiger partial charge in [-0.1, -0.05) is 11.8 Å². The van der Waals surface area contributed by atoms with Crippen LogP contribution in [0.4, 0.5) is 10.6 Å². The number of nitrogen functional groups attached to an aromatic ring is 1. The number of nitrogens with zero attached hydrogens (tertiary/aromatic N) is 1. The molecule has 1 aromatic rings. The van der Waals surface area contributed by atoms with Gasteiger partial charge in [0.05, 0.1) is 12.1 Å². The number of carbonyl (C=O) groups is 1. The Morgan fingerprint density at radius 1 is 1.56 bits per heavy atom. The maximum absolute atomic E-state index is 11.3. The molecule has 0 aliphatic rings. The second-order valence-electron chi connectivity index (χ2n) is 4.77. The lowest BCUT2D eigenvalue weighted by Crippen LogP contribution is -2.32. The molecular weight excluding hydrogens is 232 g/mol. The highest BCUT2D eigenvalue weighted by Gasteiger charge is 2.15. The van der Waals surface area contributed by atoms with E-state index in [4.69, 9.17) is 10.5 Å². The Balaban J connectivity index is 2.46. The van der Waals surface area contributed by atoms with E-state index in [0.717, 1.165) is 5.69 Å². The summed E-state index contributed by atoms with van der Waals surface area (Å²) < 4.78 is 5.06. The quantitative estimate of drug-likeness (QED) is 0.652. The first kappa shape index (κ1) is 13.9. The van der Waals surface area contributed by atoms with Crippen molar-refractivity contribution in [2.45, 2.75) is 33.3 Å². The molecule has 6 heteroatoms. The van der Waals surface area contributed by atoms with Crippen LogP contribution in [0.25, 0.3) is 0 Å². The van der Waals surface area contributed by atoms with Crippen LogP contribution in [0.2, 0.25) is 0 Å². The molecule has 1 aromatic heterocycles. The molecule has 0 aliphatic heterocycles. The highest BCUT2D eigenvalue weighted by atomic mass is 16.6. The lowest BCUT2D eigenvalue weighted by molar-refractivity contribution is 0.0535. The molecule has 0 spiro atoms. The third-order valence-corrected chi connectivity index (χ3v) is 1.91. The first-order valence-electron chi connectivity index (χ1n) is 5.56. The van der Waals surface area contributed by atoms with E-state index >= 15 is 0 Å². The van der Waals surface area contributed by atoms with E-state index in [2.05, 4.69) is 27.4 Å². The zero-order valence-electron chi connectivity index (χ0n) is 11.0. The number of aromatic amines is 1. The van der Waals surface area contributed by atoms with Gasteiger partial charge < -0.3 is 15.8 Å². The fourth-order valence-corrected chi connectivity index (χ4v) is 1.17. The highest BCUT2D eigenvalue weighted by molar-refractivity contribution is 5.68. The van der Waals surface area contributed by atoms with Crippen LogP contribution in [0.15, 0.2) is 0 Å². The Bertz CT molecular complexity index is 469. The molecule has 1 rings (SSSR count). The molecule has 0 atom stereocenters. The SMILES string of the molecule is Cc1[nH]nc(N)c1C#CCNC(=O)OC(C)(C)C. The smallest absolute Gasteiger partial charge is 0.408 e. The summed E-state index contributed by atoms with van der Waals surface area (Å²) in [6.45, 7) is 7.42. The normalized spacial score (nSPS) is 10.4. The van der Waals surface area contributed by atoms with E-state index in [0.29, 0.717) is 11.4 Å². The van der Waals surface area contributed by atoms with E-state index < -0.39 is 11.7 Å². The van der Waals surface area contributed by atoms with Crippen molar-refractivity contribution in [2.24, 2.45) is 0 Å². The van der Waals surface area contributed by atoms with Crippen LogP contribution in [0.3, 0.4) is 0 Å². The highest BCUT2D eigenvalue weighted by Crippen LogP contribution is 2.09. The summed E-state index contributed by atoms with van der Waals surface area (Å²) in [6, 6.07) is 0. The number of rotatable bonds is 1. The summed E-state index contributed by atoms with van der Waals surface area (Å²) in [7, 11) is 0. The Morgan fingerprint density at radius 3 is 2.72 bits per heavy atom. The van der Waals surface area contributed by atoms with Crippen molar-refractivity contribution >= 4 is 11.9 Å². The van der Waals surface area contributed by atoms with Gasteiger partial charge in [0, 0.05) is 5.69 Å². The van der Waals surface area contributed by atoms with Gasteiger partial charge in [-0.25, -0.2) is 4.79 Å². The second kappa shape index (κ2) is 5.45. The van der Waals surface area contributed by atoms with Crippen molar-refractivity contribution in [1.82, 2.24) is 15.5 Å². The Hall–Kier alpha value is -2.16. The van der Waals surface area contributed by atoms with Crippen LogP contribution < -0.4 is 11.1 Å². The van der Waals surface area contributed by atoms with E-state index in [9.17, 15) is 4.79 Å². The predicted molar refractivity (Wildman–Crippen MR) is 68.9 cm³/mol. The minimum absolute atomic E-state index is 0.193. The molecule has 6 nitrogen and oxygen atoms in total. The van der Waals surface area contributed by atoms with Crippen LogP contribution >= 0.6 is 0 Å². The largest absolute Gasteiger partial charge is 0.444 e. The number of aromatic nitrogens is 2. The van der Waals surface area contributed by atoms with Gasteiger partial charge in [-0.15, -0.1) is 0 Å². The molecule has 0 unspecified atom stereocenters. The standard InChI is InChI=1S/C12H18N4O2/c1-8-9(10(13)16-15-8)6-5-7-14-11(17)18-12(2,3)4/h7H2,1-4H3,(H,14,17)(H3,13,15,16). The number of alkyl carbamates (subject to hydrolysis) is 1. The van der Waals surface area contributed by atoms with Gasteiger partial charge in [0.15, 0.2) is 5.82 Å². The molecule has 1 amide bonds. The van der Waals surface area contributed by atoms with Crippen LogP contribution in [-0.2, 0) is 4.74 Å². The molecule has 0 aromatic carbocycles. The number of nitrogens with one attached hydrogen (secondary N) is 2. The van der Waals surface area contributed by atoms with Gasteiger partial charge in [0.1, 0.15) is 5.60 Å². The number of amides is 1. The molecule has 0 aliphatic carbocycles. The van der Waals surface area contributed by atoms with Crippen molar-refractivity contribution in [3.05, 3.63) is 11.3 Å². The monoisotopic (exact) mass is 250 g/mol. The average Bonchev–Trinajstić information content (AvgIpc) is 2.52. The lowest BCUT2D eigenvalue weighted by atomic mass is 10.2. The average molecular weight is 250 g/mol. The van der Waals surface area contributed by atoms with Crippen molar-refractivity contribution in [1.29, 1.82) is 0 Å². The molecule has 0 radical (unpaired) electrons. The number of hydrogen-bond acceptors (Lipinski definition) is 4. The second-order valence-corrected chi connectivity index (χ2v) is 4.77. The summed E-state index contributed by atoms with van der Waals surface area (Å²) >= 11 is 0. The topological polar surface area (TPSA) is 93.0 Å². The third kappa shape index (κ3) is 4.37. The van der Waals surface area contributed by atoms with Gasteiger partial charge in [-0.3, -0.25) is 5.10 Å². The van der Waals surface area contributed by atoms with Crippen LogP contribution in [0, 0.1) is 18.8 Å². The number of anilines is 1. The number of H-pyrrole nitrogens is 1. The van der Waals surface area contributed by atoms with Gasteiger partial charge in [-0.2, -0.15) is 5.10 Å². The summed E-state index contributed by atoms with van der Waals surface area (Å²) in [5, 5.41) is 9.08. The van der Waals surface area contributed by atoms with Crippen molar-refractivity contribution < 1.29 is 9.53 Å². The van der Waals surface area contributed by atoms with Crippen molar-refractivity contribution in [3.63, 3.8) is 0 Å². The van der Waals surface area contributed by atoms with Crippen molar-refractivity contribution in [2.75, 3.05) is 12.3 Å². The first-order chi connectivity index (χ1) is 8.29. The van der Waals surface area contributed by atoms with E-state index in [1.165, 1.54) is 0 Å². The fraction of sp³-hybridized carbons (Fsp3) is 0.500. The van der Waals surface area contributed by atoms with E-state index in [1.54, 1.807) is 20.8 Å². The lowest BCUT2D eigenvalue weighted by Gasteiger charge is -2.18. The number of ether oxygens (including phenoxy) is 1. The first-order valence-corrected chi connectivity index (χ1v) is 5.56. The molecular formula is C12H18N4O2. The third-order valence-electron chi connectivity index (χ3n) is 1.91.